The van der Waals surface area contributed by atoms with Crippen LogP contribution in [0.15, 0.2) is 29.2 Å². The van der Waals surface area contributed by atoms with Crippen molar-refractivity contribution >= 4 is 17.7 Å². The lowest BCUT2D eigenvalue weighted by Gasteiger charge is -2.09. The van der Waals surface area contributed by atoms with Gasteiger partial charge in [-0.2, -0.15) is 0 Å². The van der Waals surface area contributed by atoms with Crippen molar-refractivity contribution in [3.05, 3.63) is 24.3 Å². The van der Waals surface area contributed by atoms with E-state index in [0.717, 1.165) is 4.90 Å². The highest BCUT2D eigenvalue weighted by molar-refractivity contribution is 7.98. The lowest BCUT2D eigenvalue weighted by atomic mass is 10.3. The maximum atomic E-state index is 11.2. The van der Waals surface area contributed by atoms with Crippen molar-refractivity contribution < 1.29 is 14.6 Å². The summed E-state index contributed by atoms with van der Waals surface area (Å²) in [6.45, 7) is 0.164. The molecule has 0 spiro atoms. The van der Waals surface area contributed by atoms with Gasteiger partial charge in [0.1, 0.15) is 5.75 Å². The summed E-state index contributed by atoms with van der Waals surface area (Å²) in [7, 11) is 0. The van der Waals surface area contributed by atoms with Gasteiger partial charge in [0.15, 0.2) is 6.61 Å². The molecule has 4 nitrogen and oxygen atoms in total. The van der Waals surface area contributed by atoms with E-state index in [9.17, 15) is 4.79 Å². The molecule has 0 fully saturated rings. The lowest BCUT2D eigenvalue weighted by Crippen LogP contribution is -2.31. The Kier molecular flexibility index (Phi) is 5.74. The van der Waals surface area contributed by atoms with Crippen molar-refractivity contribution in [2.75, 3.05) is 26.0 Å². The SMILES string of the molecule is CSc1ccccc1OCC(=O)NCCO. The Balaban J connectivity index is 2.44. The van der Waals surface area contributed by atoms with E-state index in [2.05, 4.69) is 5.32 Å². The summed E-state index contributed by atoms with van der Waals surface area (Å²) < 4.78 is 5.37. The Bertz CT molecular complexity index is 344. The largest absolute Gasteiger partial charge is 0.483 e. The third kappa shape index (κ3) is 4.12. The van der Waals surface area contributed by atoms with Gasteiger partial charge in [0.2, 0.25) is 0 Å². The first-order valence-electron chi connectivity index (χ1n) is 4.91. The van der Waals surface area contributed by atoms with Crippen LogP contribution in [0.4, 0.5) is 0 Å². The van der Waals surface area contributed by atoms with Gasteiger partial charge in [-0.1, -0.05) is 12.1 Å². The molecule has 0 aromatic heterocycles. The molecule has 0 saturated carbocycles. The van der Waals surface area contributed by atoms with Gasteiger partial charge in [-0.05, 0) is 18.4 Å². The molecule has 0 saturated heterocycles. The summed E-state index contributed by atoms with van der Waals surface area (Å²) in [5.41, 5.74) is 0. The van der Waals surface area contributed by atoms with Crippen LogP contribution in [0.5, 0.6) is 5.75 Å². The summed E-state index contributed by atoms with van der Waals surface area (Å²) in [5, 5.41) is 11.0. The van der Waals surface area contributed by atoms with Gasteiger partial charge in [-0.25, -0.2) is 0 Å². The molecule has 0 aliphatic heterocycles. The van der Waals surface area contributed by atoms with Crippen LogP contribution in [-0.4, -0.2) is 37.0 Å². The highest BCUT2D eigenvalue weighted by Crippen LogP contribution is 2.26. The minimum atomic E-state index is -0.232. The molecule has 1 rings (SSSR count). The third-order valence-corrected chi connectivity index (χ3v) is 2.64. The van der Waals surface area contributed by atoms with Crippen molar-refractivity contribution in [1.29, 1.82) is 0 Å². The number of ether oxygens (including phenoxy) is 1. The topological polar surface area (TPSA) is 58.6 Å². The van der Waals surface area contributed by atoms with E-state index < -0.39 is 0 Å². The van der Waals surface area contributed by atoms with Crippen LogP contribution in [0.2, 0.25) is 0 Å². The van der Waals surface area contributed by atoms with Crippen LogP contribution in [0.1, 0.15) is 0 Å². The predicted molar refractivity (Wildman–Crippen MR) is 63.8 cm³/mol. The molecule has 0 aliphatic carbocycles. The number of aliphatic hydroxyl groups is 1. The maximum Gasteiger partial charge on any atom is 0.258 e. The van der Waals surface area contributed by atoms with Gasteiger partial charge in [-0.15, -0.1) is 11.8 Å². The highest BCUT2D eigenvalue weighted by Gasteiger charge is 2.04. The number of amides is 1. The molecule has 2 N–H and O–H groups in total. The fourth-order valence-electron chi connectivity index (χ4n) is 1.13. The van der Waals surface area contributed by atoms with Crippen molar-refractivity contribution in [2.24, 2.45) is 0 Å². The first-order chi connectivity index (χ1) is 7.77. The van der Waals surface area contributed by atoms with Crippen LogP contribution < -0.4 is 10.1 Å². The Morgan fingerprint density at radius 2 is 2.25 bits per heavy atom. The molecular formula is C11H15NO3S. The Labute approximate surface area is 99.0 Å². The number of carbonyl (C=O) groups excluding carboxylic acids is 1. The van der Waals surface area contributed by atoms with Crippen LogP contribution in [0, 0.1) is 0 Å². The number of rotatable bonds is 6. The van der Waals surface area contributed by atoms with Crippen molar-refractivity contribution in [3.8, 4) is 5.75 Å². The fraction of sp³-hybridized carbons (Fsp3) is 0.364. The lowest BCUT2D eigenvalue weighted by molar-refractivity contribution is -0.123. The number of hydrogen-bond acceptors (Lipinski definition) is 4. The van der Waals surface area contributed by atoms with E-state index in [1.807, 2.05) is 30.5 Å². The molecule has 1 amide bonds. The van der Waals surface area contributed by atoms with E-state index in [1.54, 1.807) is 11.8 Å². The average molecular weight is 241 g/mol. The summed E-state index contributed by atoms with van der Waals surface area (Å²) in [4.78, 5) is 12.2. The third-order valence-electron chi connectivity index (χ3n) is 1.86. The summed E-state index contributed by atoms with van der Waals surface area (Å²) >= 11 is 1.57. The normalized spacial score (nSPS) is 9.88. The molecule has 88 valence electrons. The quantitative estimate of drug-likeness (QED) is 0.726. The van der Waals surface area contributed by atoms with Crippen LogP contribution in [0.25, 0.3) is 0 Å². The molecule has 0 radical (unpaired) electrons. The summed E-state index contributed by atoms with van der Waals surface area (Å²) in [5.74, 6) is 0.471. The minimum Gasteiger partial charge on any atom is -0.483 e. The number of thioether (sulfide) groups is 1. The van der Waals surface area contributed by atoms with Crippen molar-refractivity contribution in [1.82, 2.24) is 5.32 Å². The Hall–Kier alpha value is -1.20. The molecule has 5 heteroatoms. The highest BCUT2D eigenvalue weighted by atomic mass is 32.2. The summed E-state index contributed by atoms with van der Waals surface area (Å²) in [6.07, 6.45) is 1.95. The van der Waals surface area contributed by atoms with E-state index in [-0.39, 0.29) is 25.7 Å². The zero-order valence-electron chi connectivity index (χ0n) is 9.10. The van der Waals surface area contributed by atoms with Gasteiger partial charge in [-0.3, -0.25) is 4.79 Å². The molecule has 1 aromatic carbocycles. The van der Waals surface area contributed by atoms with E-state index in [1.165, 1.54) is 0 Å². The van der Waals surface area contributed by atoms with Crippen molar-refractivity contribution in [3.63, 3.8) is 0 Å². The second-order valence-electron chi connectivity index (χ2n) is 3.01. The predicted octanol–water partition coefficient (Wildman–Crippen LogP) is 0.896. The van der Waals surface area contributed by atoms with Gasteiger partial charge in [0, 0.05) is 11.4 Å². The first kappa shape index (κ1) is 12.9. The number of carbonyl (C=O) groups is 1. The molecule has 16 heavy (non-hydrogen) atoms. The summed E-state index contributed by atoms with van der Waals surface area (Å²) in [6, 6.07) is 7.54. The van der Waals surface area contributed by atoms with Crippen LogP contribution >= 0.6 is 11.8 Å². The number of para-hydroxylation sites is 1. The molecule has 0 bridgehead atoms. The molecule has 0 heterocycles. The van der Waals surface area contributed by atoms with E-state index in [0.29, 0.717) is 5.75 Å². The smallest absolute Gasteiger partial charge is 0.258 e. The molecule has 0 atom stereocenters. The van der Waals surface area contributed by atoms with Gasteiger partial charge in [0.25, 0.3) is 5.91 Å². The van der Waals surface area contributed by atoms with Crippen molar-refractivity contribution in [2.45, 2.75) is 4.90 Å². The van der Waals surface area contributed by atoms with Gasteiger partial charge in [0.05, 0.1) is 6.61 Å². The maximum absolute atomic E-state index is 11.2. The number of aliphatic hydroxyl groups excluding tert-OH is 1. The van der Waals surface area contributed by atoms with Crippen LogP contribution in [-0.2, 0) is 4.79 Å². The molecule has 0 unspecified atom stereocenters. The fourth-order valence-corrected chi connectivity index (χ4v) is 1.67. The zero-order valence-corrected chi connectivity index (χ0v) is 9.92. The molecule has 1 aromatic rings. The number of hydrogen-bond donors (Lipinski definition) is 2. The van der Waals surface area contributed by atoms with Gasteiger partial charge >= 0.3 is 0 Å². The van der Waals surface area contributed by atoms with E-state index in [4.69, 9.17) is 9.84 Å². The Morgan fingerprint density at radius 3 is 2.94 bits per heavy atom. The zero-order chi connectivity index (χ0) is 11.8. The average Bonchev–Trinajstić information content (AvgIpc) is 2.34. The molecular weight excluding hydrogens is 226 g/mol. The minimum absolute atomic E-state index is 0.0302. The Morgan fingerprint density at radius 1 is 1.50 bits per heavy atom. The van der Waals surface area contributed by atoms with Gasteiger partial charge < -0.3 is 15.2 Å². The molecule has 0 aliphatic rings. The monoisotopic (exact) mass is 241 g/mol. The second-order valence-corrected chi connectivity index (χ2v) is 3.86. The van der Waals surface area contributed by atoms with Crippen LogP contribution in [0.3, 0.4) is 0 Å². The second kappa shape index (κ2) is 7.14. The van der Waals surface area contributed by atoms with E-state index >= 15 is 0 Å². The standard InChI is InChI=1S/C11H15NO3S/c1-16-10-5-3-2-4-9(10)15-8-11(14)12-6-7-13/h2-5,13H,6-8H2,1H3,(H,12,14). The number of nitrogens with one attached hydrogen (secondary N) is 1. The first-order valence-corrected chi connectivity index (χ1v) is 6.13. The number of benzene rings is 1.